The van der Waals surface area contributed by atoms with Gasteiger partial charge in [-0.15, -0.1) is 0 Å². The molecule has 2 aromatic carbocycles. The summed E-state index contributed by atoms with van der Waals surface area (Å²) in [7, 11) is 0. The molecule has 1 amide bonds. The molecule has 138 valence electrons. The van der Waals surface area contributed by atoms with Crippen molar-refractivity contribution in [1.82, 2.24) is 4.90 Å². The lowest BCUT2D eigenvalue weighted by molar-refractivity contribution is -0.133. The molecule has 1 aliphatic heterocycles. The lowest BCUT2D eigenvalue weighted by Gasteiger charge is -2.25. The molecule has 3 rings (SSSR count). The lowest BCUT2D eigenvalue weighted by atomic mass is 9.94. The number of ether oxygens (including phenoxy) is 1. The zero-order valence-electron chi connectivity index (χ0n) is 14.3. The van der Waals surface area contributed by atoms with E-state index in [0.29, 0.717) is 28.9 Å². The smallest absolute Gasteiger partial charge is 0.260 e. The normalized spacial score (nSPS) is 17.7. The van der Waals surface area contributed by atoms with Gasteiger partial charge in [0.1, 0.15) is 11.6 Å². The van der Waals surface area contributed by atoms with Crippen LogP contribution in [0.5, 0.6) is 5.75 Å². The van der Waals surface area contributed by atoms with Crippen LogP contribution in [0.1, 0.15) is 30.7 Å². The number of hydrogen-bond acceptors (Lipinski definition) is 2. The van der Waals surface area contributed by atoms with Crippen molar-refractivity contribution in [2.45, 2.75) is 25.2 Å². The van der Waals surface area contributed by atoms with Crippen molar-refractivity contribution in [3.63, 3.8) is 0 Å². The summed E-state index contributed by atoms with van der Waals surface area (Å²) in [6.07, 6.45) is 2.97. The van der Waals surface area contributed by atoms with Crippen LogP contribution in [0, 0.1) is 5.82 Å². The zero-order valence-corrected chi connectivity index (χ0v) is 15.8. The Kier molecular flexibility index (Phi) is 6.38. The average molecular weight is 396 g/mol. The standard InChI is InChI=1S/C20H20Cl2FNO2/c21-16-6-9-19(18(22)11-16)26-13-20(25)24-10-2-1-3-15(12-24)14-4-7-17(23)8-5-14/h4-9,11,15H,1-3,10,12-13H2. The highest BCUT2D eigenvalue weighted by Crippen LogP contribution is 2.29. The molecule has 1 fully saturated rings. The highest BCUT2D eigenvalue weighted by atomic mass is 35.5. The highest BCUT2D eigenvalue weighted by Gasteiger charge is 2.23. The van der Waals surface area contributed by atoms with Gasteiger partial charge in [0, 0.05) is 24.0 Å². The fourth-order valence-corrected chi connectivity index (χ4v) is 3.66. The number of carbonyl (C=O) groups is 1. The summed E-state index contributed by atoms with van der Waals surface area (Å²) in [5.74, 6) is 0.323. The van der Waals surface area contributed by atoms with Gasteiger partial charge in [-0.05, 0) is 48.7 Å². The second-order valence-electron chi connectivity index (χ2n) is 6.45. The van der Waals surface area contributed by atoms with Crippen molar-refractivity contribution in [2.24, 2.45) is 0 Å². The van der Waals surface area contributed by atoms with E-state index in [0.717, 1.165) is 24.8 Å². The van der Waals surface area contributed by atoms with Crippen LogP contribution in [0.15, 0.2) is 42.5 Å². The van der Waals surface area contributed by atoms with Crippen LogP contribution in [-0.2, 0) is 4.79 Å². The Morgan fingerprint density at radius 1 is 1.15 bits per heavy atom. The number of rotatable bonds is 4. The second-order valence-corrected chi connectivity index (χ2v) is 7.29. The van der Waals surface area contributed by atoms with E-state index in [1.165, 1.54) is 12.1 Å². The third-order valence-corrected chi connectivity index (χ3v) is 5.14. The summed E-state index contributed by atoms with van der Waals surface area (Å²) in [5.41, 5.74) is 1.06. The van der Waals surface area contributed by atoms with Gasteiger partial charge in [0.2, 0.25) is 0 Å². The van der Waals surface area contributed by atoms with Gasteiger partial charge in [0.15, 0.2) is 6.61 Å². The van der Waals surface area contributed by atoms with Crippen LogP contribution in [0.2, 0.25) is 10.0 Å². The van der Waals surface area contributed by atoms with Crippen LogP contribution in [0.4, 0.5) is 4.39 Å². The fraction of sp³-hybridized carbons (Fsp3) is 0.350. The third-order valence-electron chi connectivity index (χ3n) is 4.61. The first-order chi connectivity index (χ1) is 12.5. The molecule has 2 aromatic rings. The molecule has 1 heterocycles. The molecule has 0 aromatic heterocycles. The minimum absolute atomic E-state index is 0.0719. The summed E-state index contributed by atoms with van der Waals surface area (Å²) >= 11 is 11.9. The van der Waals surface area contributed by atoms with E-state index in [2.05, 4.69) is 0 Å². The first kappa shape index (κ1) is 19.0. The minimum atomic E-state index is -0.247. The van der Waals surface area contributed by atoms with E-state index in [9.17, 15) is 9.18 Å². The zero-order chi connectivity index (χ0) is 18.5. The molecule has 1 atom stereocenters. The predicted molar refractivity (Wildman–Crippen MR) is 102 cm³/mol. The summed E-state index contributed by atoms with van der Waals surface area (Å²) in [4.78, 5) is 14.4. The Hall–Kier alpha value is -1.78. The number of benzene rings is 2. The van der Waals surface area contributed by atoms with E-state index in [1.54, 1.807) is 30.3 Å². The van der Waals surface area contributed by atoms with Crippen molar-refractivity contribution in [3.8, 4) is 5.75 Å². The van der Waals surface area contributed by atoms with Crippen molar-refractivity contribution < 1.29 is 13.9 Å². The molecular weight excluding hydrogens is 376 g/mol. The second kappa shape index (κ2) is 8.74. The van der Waals surface area contributed by atoms with E-state index < -0.39 is 0 Å². The number of hydrogen-bond donors (Lipinski definition) is 0. The number of nitrogens with zero attached hydrogens (tertiary/aromatic N) is 1. The molecule has 0 N–H and O–H groups in total. The van der Waals surface area contributed by atoms with Crippen molar-refractivity contribution in [1.29, 1.82) is 0 Å². The molecule has 6 heteroatoms. The maximum absolute atomic E-state index is 13.2. The topological polar surface area (TPSA) is 29.5 Å². The van der Waals surface area contributed by atoms with E-state index >= 15 is 0 Å². The van der Waals surface area contributed by atoms with Gasteiger partial charge in [-0.2, -0.15) is 0 Å². The van der Waals surface area contributed by atoms with E-state index in [-0.39, 0.29) is 24.2 Å². The molecule has 26 heavy (non-hydrogen) atoms. The number of halogens is 3. The molecule has 0 spiro atoms. The number of likely N-dealkylation sites (tertiary alicyclic amines) is 1. The molecular formula is C20H20Cl2FNO2. The fourth-order valence-electron chi connectivity index (χ4n) is 3.20. The summed E-state index contributed by atoms with van der Waals surface area (Å²) < 4.78 is 18.7. The lowest BCUT2D eigenvalue weighted by Crippen LogP contribution is -2.37. The Balaban J connectivity index is 1.63. The Bertz CT molecular complexity index is 767. The van der Waals surface area contributed by atoms with Gasteiger partial charge < -0.3 is 9.64 Å². The van der Waals surface area contributed by atoms with Crippen molar-refractivity contribution >= 4 is 29.1 Å². The molecule has 1 aliphatic rings. The largest absolute Gasteiger partial charge is 0.482 e. The molecule has 1 unspecified atom stereocenters. The van der Waals surface area contributed by atoms with Gasteiger partial charge in [-0.3, -0.25) is 4.79 Å². The third kappa shape index (κ3) is 4.89. The highest BCUT2D eigenvalue weighted by molar-refractivity contribution is 6.35. The molecule has 0 aliphatic carbocycles. The summed E-state index contributed by atoms with van der Waals surface area (Å²) in [6, 6.07) is 11.5. The Morgan fingerprint density at radius 3 is 2.65 bits per heavy atom. The monoisotopic (exact) mass is 395 g/mol. The van der Waals surface area contributed by atoms with E-state index in [1.807, 2.05) is 4.90 Å². The maximum Gasteiger partial charge on any atom is 0.260 e. The van der Waals surface area contributed by atoms with Crippen LogP contribution in [0.25, 0.3) is 0 Å². The van der Waals surface area contributed by atoms with Gasteiger partial charge in [-0.25, -0.2) is 4.39 Å². The first-order valence-electron chi connectivity index (χ1n) is 8.64. The van der Waals surface area contributed by atoms with Gasteiger partial charge >= 0.3 is 0 Å². The van der Waals surface area contributed by atoms with Gasteiger partial charge in [0.05, 0.1) is 5.02 Å². The van der Waals surface area contributed by atoms with Crippen molar-refractivity contribution in [3.05, 3.63) is 63.9 Å². The minimum Gasteiger partial charge on any atom is -0.482 e. The van der Waals surface area contributed by atoms with Gasteiger partial charge in [0.25, 0.3) is 5.91 Å². The van der Waals surface area contributed by atoms with Crippen LogP contribution >= 0.6 is 23.2 Å². The van der Waals surface area contributed by atoms with E-state index in [4.69, 9.17) is 27.9 Å². The Labute approximate surface area is 162 Å². The average Bonchev–Trinajstić information content (AvgIpc) is 2.88. The molecule has 3 nitrogen and oxygen atoms in total. The van der Waals surface area contributed by atoms with Crippen molar-refractivity contribution in [2.75, 3.05) is 19.7 Å². The SMILES string of the molecule is O=C(COc1ccc(Cl)cc1Cl)N1CCCCC(c2ccc(F)cc2)C1. The van der Waals surface area contributed by atoms with Crippen LogP contribution in [-0.4, -0.2) is 30.5 Å². The molecule has 0 bridgehead atoms. The quantitative estimate of drug-likeness (QED) is 0.701. The summed E-state index contributed by atoms with van der Waals surface area (Å²) in [6.45, 7) is 1.24. The number of carbonyl (C=O) groups excluding carboxylic acids is 1. The maximum atomic E-state index is 13.2. The molecule has 0 radical (unpaired) electrons. The summed E-state index contributed by atoms with van der Waals surface area (Å²) in [5, 5.41) is 0.897. The van der Waals surface area contributed by atoms with Crippen LogP contribution < -0.4 is 4.74 Å². The Morgan fingerprint density at radius 2 is 1.92 bits per heavy atom. The number of amides is 1. The predicted octanol–water partition coefficient (Wildman–Crippen LogP) is 5.31. The molecule has 1 saturated heterocycles. The van der Waals surface area contributed by atoms with Crippen LogP contribution in [0.3, 0.4) is 0 Å². The first-order valence-corrected chi connectivity index (χ1v) is 9.39. The van der Waals surface area contributed by atoms with Gasteiger partial charge in [-0.1, -0.05) is 41.8 Å². The molecule has 0 saturated carbocycles.